The lowest BCUT2D eigenvalue weighted by atomic mass is 9.43. The SMILES string of the molecule is CC12CC(O[C@@H]3O[C@H](C(=O)O)[C@@H](O)[C@H](O)[C@H]3O)CCC1CCC1C2C(=O)CC2(C)C1CCC2(O)C(O)CO. The van der Waals surface area contributed by atoms with E-state index in [0.29, 0.717) is 25.7 Å². The standard InChI is InChI=1S/C27H42O11/c1-25-9-13(37-24-21(33)19(31)20(32)22(38-24)23(34)35)5-3-12(25)4-6-14-15-7-8-27(36,17(30)11-28)26(15,2)10-16(29)18(14)25/h12-15,17-22,24,28,30-33,36H,3-11H2,1-2H3,(H,34,35)/t12?,13?,14?,15?,17?,18?,19-,20-,21+,22-,24+,25?,26?,27?/m0/s1. The molecule has 11 nitrogen and oxygen atoms in total. The molecule has 5 rings (SSSR count). The first-order chi connectivity index (χ1) is 17.8. The maximum absolute atomic E-state index is 13.9. The number of fused-ring (bicyclic) bond motifs is 5. The molecule has 0 bridgehead atoms. The molecule has 0 radical (unpaired) electrons. The smallest absolute Gasteiger partial charge is 0.335 e. The maximum Gasteiger partial charge on any atom is 0.335 e. The van der Waals surface area contributed by atoms with Crippen molar-refractivity contribution in [1.82, 2.24) is 0 Å². The Balaban J connectivity index is 1.36. The van der Waals surface area contributed by atoms with E-state index in [2.05, 4.69) is 6.92 Å². The number of rotatable bonds is 5. The van der Waals surface area contributed by atoms with Crippen LogP contribution in [0.3, 0.4) is 0 Å². The predicted octanol–water partition coefficient (Wildman–Crippen LogP) is -0.430. The first-order valence-corrected chi connectivity index (χ1v) is 13.9. The fourth-order valence-electron chi connectivity index (χ4n) is 9.33. The Morgan fingerprint density at radius 1 is 1.08 bits per heavy atom. The average molecular weight is 543 g/mol. The number of carboxylic acids is 1. The lowest BCUT2D eigenvalue weighted by Crippen LogP contribution is -2.63. The molecule has 11 heteroatoms. The van der Waals surface area contributed by atoms with Gasteiger partial charge in [-0.25, -0.2) is 4.79 Å². The van der Waals surface area contributed by atoms with Crippen LogP contribution in [-0.2, 0) is 19.1 Å². The third-order valence-electron chi connectivity index (χ3n) is 11.3. The Bertz CT molecular complexity index is 944. The molecule has 5 aliphatic rings. The highest BCUT2D eigenvalue weighted by Gasteiger charge is 2.68. The Hall–Kier alpha value is -1.18. The fourth-order valence-corrected chi connectivity index (χ4v) is 9.33. The van der Waals surface area contributed by atoms with Gasteiger partial charge in [-0.15, -0.1) is 0 Å². The van der Waals surface area contributed by atoms with Crippen molar-refractivity contribution in [3.63, 3.8) is 0 Å². The molecule has 9 unspecified atom stereocenters. The van der Waals surface area contributed by atoms with Gasteiger partial charge in [0.05, 0.1) is 18.3 Å². The van der Waals surface area contributed by atoms with Crippen molar-refractivity contribution >= 4 is 11.8 Å². The summed E-state index contributed by atoms with van der Waals surface area (Å²) in [6.07, 6.45) is -5.34. The van der Waals surface area contributed by atoms with Crippen LogP contribution < -0.4 is 0 Å². The summed E-state index contributed by atoms with van der Waals surface area (Å²) in [6.45, 7) is 3.41. The van der Waals surface area contributed by atoms with Crippen LogP contribution in [-0.4, -0.2) is 103 Å². The second-order valence-electron chi connectivity index (χ2n) is 13.0. The molecule has 38 heavy (non-hydrogen) atoms. The van der Waals surface area contributed by atoms with Gasteiger partial charge in [0, 0.05) is 17.8 Å². The highest BCUT2D eigenvalue weighted by molar-refractivity contribution is 5.84. The van der Waals surface area contributed by atoms with Gasteiger partial charge in [-0.3, -0.25) is 4.79 Å². The number of carbonyl (C=O) groups excluding carboxylic acids is 1. The van der Waals surface area contributed by atoms with Crippen LogP contribution in [0.5, 0.6) is 0 Å². The molecule has 5 fully saturated rings. The minimum absolute atomic E-state index is 0.0195. The fraction of sp³-hybridized carbons (Fsp3) is 0.926. The van der Waals surface area contributed by atoms with Crippen molar-refractivity contribution in [3.05, 3.63) is 0 Å². The number of Topliss-reactive ketones (excluding diaryl/α,β-unsaturated/α-hetero) is 1. The summed E-state index contributed by atoms with van der Waals surface area (Å²) in [5.41, 5.74) is -2.78. The predicted molar refractivity (Wildman–Crippen MR) is 129 cm³/mol. The van der Waals surface area contributed by atoms with Gasteiger partial charge in [-0.2, -0.15) is 0 Å². The van der Waals surface area contributed by atoms with Crippen molar-refractivity contribution in [2.45, 2.75) is 114 Å². The lowest BCUT2D eigenvalue weighted by Gasteiger charge is -2.61. The molecule has 1 aliphatic heterocycles. The molecule has 0 amide bonds. The summed E-state index contributed by atoms with van der Waals surface area (Å²) < 4.78 is 11.4. The van der Waals surface area contributed by atoms with E-state index in [1.165, 1.54) is 0 Å². The zero-order valence-electron chi connectivity index (χ0n) is 22.0. The normalized spacial score (nSPS) is 53.5. The van der Waals surface area contributed by atoms with Crippen molar-refractivity contribution in [3.8, 4) is 0 Å². The molecule has 1 saturated heterocycles. The first kappa shape index (κ1) is 28.4. The summed E-state index contributed by atoms with van der Waals surface area (Å²) in [6, 6.07) is 0. The summed E-state index contributed by atoms with van der Waals surface area (Å²) >= 11 is 0. The second-order valence-corrected chi connectivity index (χ2v) is 13.0. The van der Waals surface area contributed by atoms with E-state index in [1.807, 2.05) is 6.92 Å². The molecule has 216 valence electrons. The molecule has 0 aromatic carbocycles. The molecule has 7 N–H and O–H groups in total. The van der Waals surface area contributed by atoms with Gasteiger partial charge >= 0.3 is 5.97 Å². The second kappa shape index (κ2) is 9.73. The van der Waals surface area contributed by atoms with Crippen LogP contribution in [0, 0.1) is 34.5 Å². The zero-order valence-corrected chi connectivity index (χ0v) is 22.0. The van der Waals surface area contributed by atoms with Gasteiger partial charge < -0.3 is 45.2 Å². The number of aliphatic carboxylic acids is 1. The van der Waals surface area contributed by atoms with Gasteiger partial charge in [-0.1, -0.05) is 13.8 Å². The summed E-state index contributed by atoms with van der Waals surface area (Å²) in [4.78, 5) is 25.4. The van der Waals surface area contributed by atoms with Crippen molar-refractivity contribution < 1.29 is 54.8 Å². The van der Waals surface area contributed by atoms with Crippen LogP contribution in [0.4, 0.5) is 0 Å². The quantitative estimate of drug-likeness (QED) is 0.223. The number of aliphatic hydroxyl groups is 6. The molecule has 4 aliphatic carbocycles. The first-order valence-electron chi connectivity index (χ1n) is 13.9. The lowest BCUT2D eigenvalue weighted by molar-refractivity contribution is -0.310. The third kappa shape index (κ3) is 4.00. The van der Waals surface area contributed by atoms with Gasteiger partial charge in [-0.05, 0) is 68.1 Å². The van der Waals surface area contributed by atoms with E-state index in [0.717, 1.165) is 19.3 Å². The van der Waals surface area contributed by atoms with Crippen LogP contribution in [0.2, 0.25) is 0 Å². The van der Waals surface area contributed by atoms with E-state index >= 15 is 0 Å². The minimum Gasteiger partial charge on any atom is -0.479 e. The number of ether oxygens (including phenoxy) is 2. The Labute approximate surface area is 221 Å². The topological polar surface area (TPSA) is 194 Å². The average Bonchev–Trinajstić information content (AvgIpc) is 3.13. The van der Waals surface area contributed by atoms with Gasteiger partial charge in [0.2, 0.25) is 0 Å². The Morgan fingerprint density at radius 2 is 1.76 bits per heavy atom. The highest BCUT2D eigenvalue weighted by Crippen LogP contribution is 2.67. The van der Waals surface area contributed by atoms with Gasteiger partial charge in [0.25, 0.3) is 0 Å². The van der Waals surface area contributed by atoms with Crippen molar-refractivity contribution in [2.75, 3.05) is 6.61 Å². The highest BCUT2D eigenvalue weighted by atomic mass is 16.7. The maximum atomic E-state index is 13.9. The number of carboxylic acid groups (broad SMARTS) is 1. The van der Waals surface area contributed by atoms with Gasteiger partial charge in [0.15, 0.2) is 12.4 Å². The van der Waals surface area contributed by atoms with E-state index in [4.69, 9.17) is 9.47 Å². The van der Waals surface area contributed by atoms with Crippen LogP contribution in [0.1, 0.15) is 65.2 Å². The van der Waals surface area contributed by atoms with Crippen molar-refractivity contribution in [2.24, 2.45) is 34.5 Å². The molecular formula is C27H42O11. The van der Waals surface area contributed by atoms with E-state index in [9.17, 15) is 45.3 Å². The largest absolute Gasteiger partial charge is 0.479 e. The Kier molecular flexibility index (Phi) is 7.26. The zero-order chi connectivity index (χ0) is 27.8. The number of ketones is 1. The number of hydrogen-bond acceptors (Lipinski definition) is 10. The molecule has 4 saturated carbocycles. The summed E-state index contributed by atoms with van der Waals surface area (Å²) in [5.74, 6) is -1.38. The van der Waals surface area contributed by atoms with E-state index in [-0.39, 0.29) is 35.9 Å². The number of carbonyl (C=O) groups is 2. The molecule has 0 aromatic heterocycles. The van der Waals surface area contributed by atoms with Crippen LogP contribution >= 0.6 is 0 Å². The van der Waals surface area contributed by atoms with Gasteiger partial charge in [0.1, 0.15) is 30.2 Å². The minimum atomic E-state index is -1.79. The summed E-state index contributed by atoms with van der Waals surface area (Å²) in [7, 11) is 0. The van der Waals surface area contributed by atoms with Crippen molar-refractivity contribution in [1.29, 1.82) is 0 Å². The Morgan fingerprint density at radius 3 is 2.42 bits per heavy atom. The van der Waals surface area contributed by atoms with Crippen LogP contribution in [0.15, 0.2) is 0 Å². The van der Waals surface area contributed by atoms with E-state index in [1.54, 1.807) is 0 Å². The third-order valence-corrected chi connectivity index (χ3v) is 11.3. The van der Waals surface area contributed by atoms with E-state index < -0.39 is 71.9 Å². The monoisotopic (exact) mass is 542 g/mol. The molecule has 0 aromatic rings. The molecule has 0 spiro atoms. The molecular weight excluding hydrogens is 500 g/mol. The summed E-state index contributed by atoms with van der Waals surface area (Å²) in [5, 5.41) is 71.6. The molecule has 14 atom stereocenters. The van der Waals surface area contributed by atoms with Crippen LogP contribution in [0.25, 0.3) is 0 Å². The number of aliphatic hydroxyl groups excluding tert-OH is 5. The molecule has 1 heterocycles. The number of hydrogen-bond donors (Lipinski definition) is 7.